The molecule has 2 rings (SSSR count). The van der Waals surface area contributed by atoms with E-state index < -0.39 is 0 Å². The van der Waals surface area contributed by atoms with Crippen LogP contribution in [-0.4, -0.2) is 36.6 Å². The van der Waals surface area contributed by atoms with Gasteiger partial charge >= 0.3 is 0 Å². The van der Waals surface area contributed by atoms with E-state index in [0.717, 1.165) is 23.9 Å². The molecule has 1 heterocycles. The highest BCUT2D eigenvalue weighted by Gasteiger charge is 2.36. The third kappa shape index (κ3) is 2.29. The zero-order valence-electron chi connectivity index (χ0n) is 9.79. The Hall–Kier alpha value is -0.0800. The van der Waals surface area contributed by atoms with Crippen LogP contribution in [0.2, 0.25) is 0 Å². The van der Waals surface area contributed by atoms with E-state index in [9.17, 15) is 0 Å². The molecule has 1 aliphatic heterocycles. The van der Waals surface area contributed by atoms with Crippen molar-refractivity contribution in [2.45, 2.75) is 45.7 Å². The van der Waals surface area contributed by atoms with Crippen molar-refractivity contribution >= 4 is 0 Å². The van der Waals surface area contributed by atoms with Crippen LogP contribution in [0.1, 0.15) is 33.6 Å². The van der Waals surface area contributed by atoms with Crippen molar-refractivity contribution in [1.82, 2.24) is 10.2 Å². The molecule has 1 N–H and O–H groups in total. The Kier molecular flexibility index (Phi) is 3.13. The van der Waals surface area contributed by atoms with E-state index in [-0.39, 0.29) is 0 Å². The fourth-order valence-electron chi connectivity index (χ4n) is 2.60. The Morgan fingerprint density at radius 1 is 1.21 bits per heavy atom. The standard InChI is InChI=1S/C12H24N2/c1-4-14-6-5-11(10(3)8-14)13-12-7-9(12)2/h9-13H,4-8H2,1-3H3. The van der Waals surface area contributed by atoms with E-state index in [4.69, 9.17) is 0 Å². The van der Waals surface area contributed by atoms with Gasteiger partial charge in [0.1, 0.15) is 0 Å². The Morgan fingerprint density at radius 2 is 1.93 bits per heavy atom. The van der Waals surface area contributed by atoms with Crippen molar-refractivity contribution in [3.8, 4) is 0 Å². The zero-order chi connectivity index (χ0) is 10.1. The van der Waals surface area contributed by atoms with Gasteiger partial charge in [0.05, 0.1) is 0 Å². The highest BCUT2D eigenvalue weighted by atomic mass is 15.1. The maximum absolute atomic E-state index is 3.81. The average Bonchev–Trinajstić information content (AvgIpc) is 2.85. The molecule has 0 bridgehead atoms. The number of rotatable bonds is 3. The molecule has 0 amide bonds. The summed E-state index contributed by atoms with van der Waals surface area (Å²) in [5.74, 6) is 1.77. The van der Waals surface area contributed by atoms with Crippen LogP contribution >= 0.6 is 0 Å². The third-order valence-corrected chi connectivity index (χ3v) is 3.97. The molecule has 4 atom stereocenters. The molecule has 82 valence electrons. The molecule has 4 unspecified atom stereocenters. The van der Waals surface area contributed by atoms with E-state index >= 15 is 0 Å². The first-order valence-corrected chi connectivity index (χ1v) is 6.19. The van der Waals surface area contributed by atoms with E-state index in [1.807, 2.05) is 0 Å². The number of nitrogens with zero attached hydrogens (tertiary/aromatic N) is 1. The van der Waals surface area contributed by atoms with E-state index in [2.05, 4.69) is 31.0 Å². The lowest BCUT2D eigenvalue weighted by atomic mass is 9.94. The van der Waals surface area contributed by atoms with Crippen LogP contribution in [-0.2, 0) is 0 Å². The monoisotopic (exact) mass is 196 g/mol. The van der Waals surface area contributed by atoms with Gasteiger partial charge in [-0.2, -0.15) is 0 Å². The van der Waals surface area contributed by atoms with Gasteiger partial charge in [-0.1, -0.05) is 20.8 Å². The summed E-state index contributed by atoms with van der Waals surface area (Å²) >= 11 is 0. The molecule has 0 radical (unpaired) electrons. The molecule has 0 aromatic rings. The summed E-state index contributed by atoms with van der Waals surface area (Å²) in [7, 11) is 0. The second kappa shape index (κ2) is 4.19. The van der Waals surface area contributed by atoms with Gasteiger partial charge in [0.15, 0.2) is 0 Å². The summed E-state index contributed by atoms with van der Waals surface area (Å²) in [6.45, 7) is 10.8. The van der Waals surface area contributed by atoms with Crippen LogP contribution in [0.5, 0.6) is 0 Å². The van der Waals surface area contributed by atoms with Crippen LogP contribution < -0.4 is 5.32 Å². The lowest BCUT2D eigenvalue weighted by Crippen LogP contribution is -2.49. The molecule has 0 aromatic heterocycles. The maximum Gasteiger partial charge on any atom is 0.0120 e. The van der Waals surface area contributed by atoms with Gasteiger partial charge in [-0.3, -0.25) is 0 Å². The first-order chi connectivity index (χ1) is 6.70. The van der Waals surface area contributed by atoms with Gasteiger partial charge in [0, 0.05) is 18.6 Å². The molecule has 2 nitrogen and oxygen atoms in total. The minimum absolute atomic E-state index is 0.785. The molecule has 2 aliphatic rings. The van der Waals surface area contributed by atoms with Gasteiger partial charge in [0.25, 0.3) is 0 Å². The SMILES string of the molecule is CCN1CCC(NC2CC2C)C(C)C1. The van der Waals surface area contributed by atoms with Crippen LogP contribution in [0.15, 0.2) is 0 Å². The molecule has 1 aliphatic carbocycles. The van der Waals surface area contributed by atoms with Gasteiger partial charge in [-0.05, 0) is 37.8 Å². The Balaban J connectivity index is 1.77. The largest absolute Gasteiger partial charge is 0.311 e. The van der Waals surface area contributed by atoms with E-state index in [1.54, 1.807) is 0 Å². The molecular weight excluding hydrogens is 172 g/mol. The van der Waals surface area contributed by atoms with Gasteiger partial charge in [-0.15, -0.1) is 0 Å². The summed E-state index contributed by atoms with van der Waals surface area (Å²) in [5.41, 5.74) is 0. The Labute approximate surface area is 88.1 Å². The van der Waals surface area contributed by atoms with Crippen molar-refractivity contribution in [3.05, 3.63) is 0 Å². The number of hydrogen-bond donors (Lipinski definition) is 1. The predicted molar refractivity (Wildman–Crippen MR) is 60.4 cm³/mol. The summed E-state index contributed by atoms with van der Waals surface area (Å²) in [4.78, 5) is 2.57. The summed E-state index contributed by atoms with van der Waals surface area (Å²) in [5, 5.41) is 3.81. The van der Waals surface area contributed by atoms with Gasteiger partial charge in [-0.25, -0.2) is 0 Å². The topological polar surface area (TPSA) is 15.3 Å². The second-order valence-corrected chi connectivity index (χ2v) is 5.25. The smallest absolute Gasteiger partial charge is 0.0120 e. The Morgan fingerprint density at radius 3 is 2.43 bits per heavy atom. The second-order valence-electron chi connectivity index (χ2n) is 5.25. The van der Waals surface area contributed by atoms with E-state index in [0.29, 0.717) is 0 Å². The van der Waals surface area contributed by atoms with E-state index in [1.165, 1.54) is 32.5 Å². The summed E-state index contributed by atoms with van der Waals surface area (Å²) < 4.78 is 0. The first kappa shape index (κ1) is 10.4. The molecule has 1 saturated carbocycles. The number of nitrogens with one attached hydrogen (secondary N) is 1. The average molecular weight is 196 g/mol. The molecule has 2 heteroatoms. The molecular formula is C12H24N2. The normalized spacial score (nSPS) is 43.9. The summed E-state index contributed by atoms with van der Waals surface area (Å²) in [6, 6.07) is 1.63. The lowest BCUT2D eigenvalue weighted by Gasteiger charge is -2.37. The fourth-order valence-corrected chi connectivity index (χ4v) is 2.60. The number of hydrogen-bond acceptors (Lipinski definition) is 2. The molecule has 0 aromatic carbocycles. The minimum Gasteiger partial charge on any atom is -0.311 e. The van der Waals surface area contributed by atoms with Crippen molar-refractivity contribution < 1.29 is 0 Å². The molecule has 2 fully saturated rings. The predicted octanol–water partition coefficient (Wildman–Crippen LogP) is 1.71. The van der Waals surface area contributed by atoms with Crippen molar-refractivity contribution in [2.24, 2.45) is 11.8 Å². The number of piperidine rings is 1. The quantitative estimate of drug-likeness (QED) is 0.739. The molecule has 0 spiro atoms. The van der Waals surface area contributed by atoms with Crippen LogP contribution in [0.25, 0.3) is 0 Å². The van der Waals surface area contributed by atoms with Crippen LogP contribution in [0.4, 0.5) is 0 Å². The first-order valence-electron chi connectivity index (χ1n) is 6.19. The van der Waals surface area contributed by atoms with Crippen molar-refractivity contribution in [1.29, 1.82) is 0 Å². The molecule has 1 saturated heterocycles. The maximum atomic E-state index is 3.81. The van der Waals surface area contributed by atoms with Crippen molar-refractivity contribution in [3.63, 3.8) is 0 Å². The highest BCUT2D eigenvalue weighted by molar-refractivity contribution is 4.94. The highest BCUT2D eigenvalue weighted by Crippen LogP contribution is 2.31. The lowest BCUT2D eigenvalue weighted by molar-refractivity contribution is 0.152. The fraction of sp³-hybridized carbons (Fsp3) is 1.00. The zero-order valence-corrected chi connectivity index (χ0v) is 9.79. The third-order valence-electron chi connectivity index (χ3n) is 3.97. The van der Waals surface area contributed by atoms with Gasteiger partial charge < -0.3 is 10.2 Å². The summed E-state index contributed by atoms with van der Waals surface area (Å²) in [6.07, 6.45) is 2.75. The molecule has 14 heavy (non-hydrogen) atoms. The van der Waals surface area contributed by atoms with Crippen LogP contribution in [0.3, 0.4) is 0 Å². The Bertz CT molecular complexity index is 193. The minimum atomic E-state index is 0.785. The van der Waals surface area contributed by atoms with Gasteiger partial charge in [0.2, 0.25) is 0 Å². The van der Waals surface area contributed by atoms with Crippen LogP contribution in [0, 0.1) is 11.8 Å². The van der Waals surface area contributed by atoms with Crippen molar-refractivity contribution in [2.75, 3.05) is 19.6 Å². The number of likely N-dealkylation sites (tertiary alicyclic amines) is 1.